The molecule has 1 aromatic heterocycles. The van der Waals surface area contributed by atoms with E-state index in [0.29, 0.717) is 6.04 Å². The maximum Gasteiger partial charge on any atom is 0.0944 e. The Bertz CT molecular complexity index is 439. The molecule has 120 valence electrons. The normalized spacial score (nSPS) is 17.0. The fourth-order valence-corrected chi connectivity index (χ4v) is 3.99. The monoisotopic (exact) mass is 309 g/mol. The number of hydrogen-bond donors (Lipinski definition) is 1. The van der Waals surface area contributed by atoms with E-state index in [-0.39, 0.29) is 5.41 Å². The van der Waals surface area contributed by atoms with Crippen LogP contribution < -0.4 is 5.32 Å². The van der Waals surface area contributed by atoms with Gasteiger partial charge in [-0.2, -0.15) is 0 Å². The van der Waals surface area contributed by atoms with Crippen molar-refractivity contribution >= 4 is 11.3 Å². The number of nitrogens with one attached hydrogen (secondary N) is 1. The predicted molar refractivity (Wildman–Crippen MR) is 92.2 cm³/mol. The molecule has 0 aromatic carbocycles. The lowest BCUT2D eigenvalue weighted by Gasteiger charge is -2.18. The van der Waals surface area contributed by atoms with Crippen LogP contribution in [0.1, 0.15) is 63.0 Å². The van der Waals surface area contributed by atoms with Crippen LogP contribution in [0.5, 0.6) is 0 Å². The van der Waals surface area contributed by atoms with Crippen molar-refractivity contribution in [2.45, 2.75) is 71.9 Å². The third-order valence-electron chi connectivity index (χ3n) is 3.96. The number of nitrogens with zero attached hydrogens (tertiary/aromatic N) is 2. The largest absolute Gasteiger partial charge is 0.310 e. The van der Waals surface area contributed by atoms with E-state index in [9.17, 15) is 0 Å². The molecule has 0 atom stereocenters. The number of rotatable bonds is 6. The molecule has 4 heteroatoms. The minimum Gasteiger partial charge on any atom is -0.310 e. The van der Waals surface area contributed by atoms with E-state index in [1.54, 1.807) is 0 Å². The molecule has 1 aliphatic rings. The second-order valence-corrected chi connectivity index (χ2v) is 8.63. The van der Waals surface area contributed by atoms with Gasteiger partial charge < -0.3 is 10.2 Å². The Morgan fingerprint density at radius 1 is 1.24 bits per heavy atom. The number of aromatic nitrogens is 1. The van der Waals surface area contributed by atoms with E-state index in [4.69, 9.17) is 4.98 Å². The lowest BCUT2D eigenvalue weighted by Crippen LogP contribution is -2.24. The Hall–Kier alpha value is -0.450. The molecule has 1 aromatic rings. The summed E-state index contributed by atoms with van der Waals surface area (Å²) in [5, 5.41) is 4.86. The van der Waals surface area contributed by atoms with Crippen molar-refractivity contribution in [2.75, 3.05) is 19.6 Å². The zero-order valence-corrected chi connectivity index (χ0v) is 15.1. The summed E-state index contributed by atoms with van der Waals surface area (Å²) in [7, 11) is 0. The van der Waals surface area contributed by atoms with E-state index < -0.39 is 0 Å². The SMILES string of the molecule is CC(C)NCc1sc(CCN2CCCC2)nc1C(C)(C)C. The van der Waals surface area contributed by atoms with Crippen LogP contribution in [0.25, 0.3) is 0 Å². The van der Waals surface area contributed by atoms with Gasteiger partial charge in [-0.3, -0.25) is 0 Å². The second-order valence-electron chi connectivity index (χ2n) is 7.46. The third-order valence-corrected chi connectivity index (χ3v) is 5.08. The van der Waals surface area contributed by atoms with Crippen molar-refractivity contribution < 1.29 is 0 Å². The van der Waals surface area contributed by atoms with Gasteiger partial charge in [0.1, 0.15) is 0 Å². The highest BCUT2D eigenvalue weighted by molar-refractivity contribution is 7.11. The number of likely N-dealkylation sites (tertiary alicyclic amines) is 1. The maximum atomic E-state index is 4.97. The summed E-state index contributed by atoms with van der Waals surface area (Å²) in [4.78, 5) is 8.97. The van der Waals surface area contributed by atoms with Crippen molar-refractivity contribution in [1.82, 2.24) is 15.2 Å². The van der Waals surface area contributed by atoms with Crippen molar-refractivity contribution in [3.63, 3.8) is 0 Å². The molecular formula is C17H31N3S. The highest BCUT2D eigenvalue weighted by Crippen LogP contribution is 2.30. The Labute approximate surface area is 134 Å². The number of hydrogen-bond acceptors (Lipinski definition) is 4. The first-order valence-corrected chi connectivity index (χ1v) is 9.12. The summed E-state index contributed by atoms with van der Waals surface area (Å²) in [6.45, 7) is 15.9. The van der Waals surface area contributed by atoms with Gasteiger partial charge in [0.15, 0.2) is 0 Å². The van der Waals surface area contributed by atoms with Crippen LogP contribution in [0.4, 0.5) is 0 Å². The van der Waals surface area contributed by atoms with Gasteiger partial charge >= 0.3 is 0 Å². The fourth-order valence-electron chi connectivity index (χ4n) is 2.77. The quantitative estimate of drug-likeness (QED) is 0.870. The fraction of sp³-hybridized carbons (Fsp3) is 0.824. The van der Waals surface area contributed by atoms with Crippen LogP contribution in [-0.2, 0) is 18.4 Å². The standard InChI is InChI=1S/C17H31N3S/c1-13(2)18-12-14-16(17(3,4)5)19-15(21-14)8-11-20-9-6-7-10-20/h13,18H,6-12H2,1-5H3. The van der Waals surface area contributed by atoms with Crippen molar-refractivity contribution in [2.24, 2.45) is 0 Å². The minimum atomic E-state index is 0.135. The van der Waals surface area contributed by atoms with Crippen LogP contribution in [0.3, 0.4) is 0 Å². The summed E-state index contributed by atoms with van der Waals surface area (Å²) >= 11 is 1.91. The van der Waals surface area contributed by atoms with Crippen molar-refractivity contribution in [1.29, 1.82) is 0 Å². The van der Waals surface area contributed by atoms with Gasteiger partial charge in [0, 0.05) is 35.8 Å². The molecule has 0 aliphatic carbocycles. The van der Waals surface area contributed by atoms with Crippen LogP contribution in [-0.4, -0.2) is 35.6 Å². The third kappa shape index (κ3) is 5.04. The van der Waals surface area contributed by atoms with E-state index >= 15 is 0 Å². The van der Waals surface area contributed by atoms with Gasteiger partial charge in [0.25, 0.3) is 0 Å². The lowest BCUT2D eigenvalue weighted by atomic mass is 9.91. The van der Waals surface area contributed by atoms with Gasteiger partial charge in [0.05, 0.1) is 10.7 Å². The molecule has 0 unspecified atom stereocenters. The van der Waals surface area contributed by atoms with Crippen molar-refractivity contribution in [3.8, 4) is 0 Å². The predicted octanol–water partition coefficient (Wildman–Crippen LogP) is 3.58. The van der Waals surface area contributed by atoms with E-state index in [1.807, 2.05) is 11.3 Å². The second kappa shape index (κ2) is 7.21. The van der Waals surface area contributed by atoms with Gasteiger partial charge in [-0.1, -0.05) is 34.6 Å². The van der Waals surface area contributed by atoms with Gasteiger partial charge in [0.2, 0.25) is 0 Å². The molecule has 1 aliphatic heterocycles. The first-order chi connectivity index (χ1) is 9.86. The molecule has 0 spiro atoms. The molecule has 1 N–H and O–H groups in total. The molecule has 3 nitrogen and oxygen atoms in total. The first kappa shape index (κ1) is 16.9. The molecule has 0 bridgehead atoms. The molecule has 2 rings (SSSR count). The molecule has 21 heavy (non-hydrogen) atoms. The van der Waals surface area contributed by atoms with Crippen LogP contribution in [0.15, 0.2) is 0 Å². The smallest absolute Gasteiger partial charge is 0.0944 e. The molecule has 1 fully saturated rings. The highest BCUT2D eigenvalue weighted by atomic mass is 32.1. The average Bonchev–Trinajstić information content (AvgIpc) is 3.02. The Balaban J connectivity index is 2.03. The van der Waals surface area contributed by atoms with Gasteiger partial charge in [-0.05, 0) is 25.9 Å². The molecule has 0 radical (unpaired) electrons. The van der Waals surface area contributed by atoms with E-state index in [2.05, 4.69) is 44.8 Å². The number of thiazole rings is 1. The Morgan fingerprint density at radius 2 is 1.90 bits per heavy atom. The molecule has 2 heterocycles. The summed E-state index contributed by atoms with van der Waals surface area (Å²) < 4.78 is 0. The van der Waals surface area contributed by atoms with Crippen LogP contribution in [0, 0.1) is 0 Å². The summed E-state index contributed by atoms with van der Waals surface area (Å²) in [6, 6.07) is 0.521. The Kier molecular flexibility index (Phi) is 5.81. The van der Waals surface area contributed by atoms with E-state index in [1.165, 1.54) is 48.1 Å². The summed E-state index contributed by atoms with van der Waals surface area (Å²) in [5.41, 5.74) is 1.42. The zero-order valence-electron chi connectivity index (χ0n) is 14.3. The van der Waals surface area contributed by atoms with E-state index in [0.717, 1.165) is 13.0 Å². The first-order valence-electron chi connectivity index (χ1n) is 8.31. The van der Waals surface area contributed by atoms with Crippen molar-refractivity contribution in [3.05, 3.63) is 15.6 Å². The average molecular weight is 310 g/mol. The minimum absolute atomic E-state index is 0.135. The summed E-state index contributed by atoms with van der Waals surface area (Å²) in [6.07, 6.45) is 3.85. The van der Waals surface area contributed by atoms with Gasteiger partial charge in [-0.15, -0.1) is 11.3 Å². The topological polar surface area (TPSA) is 28.2 Å². The molecular weight excluding hydrogens is 278 g/mol. The van der Waals surface area contributed by atoms with Crippen LogP contribution >= 0.6 is 11.3 Å². The Morgan fingerprint density at radius 3 is 2.48 bits per heavy atom. The lowest BCUT2D eigenvalue weighted by molar-refractivity contribution is 0.343. The summed E-state index contributed by atoms with van der Waals surface area (Å²) in [5.74, 6) is 0. The molecule has 0 saturated carbocycles. The zero-order chi connectivity index (χ0) is 15.5. The highest BCUT2D eigenvalue weighted by Gasteiger charge is 2.23. The van der Waals surface area contributed by atoms with Gasteiger partial charge in [-0.25, -0.2) is 4.98 Å². The molecule has 0 amide bonds. The van der Waals surface area contributed by atoms with Crippen LogP contribution in [0.2, 0.25) is 0 Å². The molecule has 1 saturated heterocycles. The maximum absolute atomic E-state index is 4.97.